The van der Waals surface area contributed by atoms with Crippen LogP contribution in [0.5, 0.6) is 0 Å². The third kappa shape index (κ3) is 8.36. The summed E-state index contributed by atoms with van der Waals surface area (Å²) in [5.74, 6) is 0. The predicted molar refractivity (Wildman–Crippen MR) is 50.1 cm³/mol. The highest BCUT2D eigenvalue weighted by atomic mass is 17.1. The quantitative estimate of drug-likeness (QED) is 0.412. The normalized spacial score (nSPS) is 12.0. The summed E-state index contributed by atoms with van der Waals surface area (Å²) in [4.78, 5) is 8.48. The lowest BCUT2D eigenvalue weighted by Crippen LogP contribution is -2.30. The van der Waals surface area contributed by atoms with Gasteiger partial charge in [0.15, 0.2) is 0 Å². The van der Waals surface area contributed by atoms with Crippen LogP contribution >= 0.6 is 0 Å². The first-order valence-corrected chi connectivity index (χ1v) is 4.18. The molecule has 0 amide bonds. The molecule has 88 valence electrons. The first kappa shape index (κ1) is 16.2. The summed E-state index contributed by atoms with van der Waals surface area (Å²) in [6, 6.07) is 0. The standard InChI is InChI=1S/C8H18O4.H2O2/c1-7(2,11-9)5-6-8(3,4)12-10;1-2/h9-10H,5-6H2,1-4H3;1-2H. The highest BCUT2D eigenvalue weighted by Gasteiger charge is 2.25. The van der Waals surface area contributed by atoms with E-state index in [4.69, 9.17) is 21.0 Å². The highest BCUT2D eigenvalue weighted by Crippen LogP contribution is 2.23. The maximum atomic E-state index is 8.46. The molecule has 0 aromatic carbocycles. The van der Waals surface area contributed by atoms with Crippen molar-refractivity contribution in [2.24, 2.45) is 0 Å². The maximum absolute atomic E-state index is 8.46. The van der Waals surface area contributed by atoms with Gasteiger partial charge in [-0.1, -0.05) is 0 Å². The third-order valence-electron chi connectivity index (χ3n) is 1.82. The fourth-order valence-corrected chi connectivity index (χ4v) is 0.693. The highest BCUT2D eigenvalue weighted by molar-refractivity contribution is 4.74. The van der Waals surface area contributed by atoms with Gasteiger partial charge in [-0.15, -0.1) is 0 Å². The molecule has 0 aliphatic carbocycles. The molecule has 14 heavy (non-hydrogen) atoms. The molecule has 0 spiro atoms. The fourth-order valence-electron chi connectivity index (χ4n) is 0.693. The molecule has 0 aliphatic rings. The van der Waals surface area contributed by atoms with Gasteiger partial charge in [-0.3, -0.25) is 21.0 Å². The second-order valence-corrected chi connectivity index (χ2v) is 4.20. The first-order valence-electron chi connectivity index (χ1n) is 4.18. The Morgan fingerprint density at radius 1 is 0.786 bits per heavy atom. The van der Waals surface area contributed by atoms with Gasteiger partial charge in [0.2, 0.25) is 0 Å². The Balaban J connectivity index is 0. The minimum absolute atomic E-state index is 0.587. The van der Waals surface area contributed by atoms with Crippen LogP contribution in [0.3, 0.4) is 0 Å². The number of rotatable bonds is 5. The Hall–Kier alpha value is -0.240. The van der Waals surface area contributed by atoms with Gasteiger partial charge in [0.05, 0.1) is 11.2 Å². The third-order valence-corrected chi connectivity index (χ3v) is 1.82. The smallest absolute Gasteiger partial charge is 0.0978 e. The minimum Gasteiger partial charge on any atom is -0.255 e. The van der Waals surface area contributed by atoms with E-state index in [1.54, 1.807) is 27.7 Å². The van der Waals surface area contributed by atoms with E-state index in [0.717, 1.165) is 0 Å². The molecule has 0 aliphatic heterocycles. The second-order valence-electron chi connectivity index (χ2n) is 4.20. The molecule has 0 heterocycles. The summed E-state index contributed by atoms with van der Waals surface area (Å²) in [6.45, 7) is 7.06. The van der Waals surface area contributed by atoms with Gasteiger partial charge in [-0.2, -0.15) is 0 Å². The lowest BCUT2D eigenvalue weighted by Gasteiger charge is -2.26. The van der Waals surface area contributed by atoms with E-state index in [-0.39, 0.29) is 0 Å². The van der Waals surface area contributed by atoms with Crippen LogP contribution < -0.4 is 0 Å². The van der Waals surface area contributed by atoms with Crippen molar-refractivity contribution >= 4 is 0 Å². The zero-order chi connectivity index (χ0) is 11.8. The van der Waals surface area contributed by atoms with Crippen molar-refractivity contribution in [3.05, 3.63) is 0 Å². The molecular formula is C8H20O6. The molecule has 0 saturated heterocycles. The first-order chi connectivity index (χ1) is 6.33. The molecule has 0 bridgehead atoms. The van der Waals surface area contributed by atoms with E-state index in [1.807, 2.05) is 0 Å². The zero-order valence-corrected chi connectivity index (χ0v) is 9.02. The van der Waals surface area contributed by atoms with Crippen molar-refractivity contribution in [2.45, 2.75) is 51.7 Å². The summed E-state index contributed by atoms with van der Waals surface area (Å²) >= 11 is 0. The minimum atomic E-state index is -0.587. The molecule has 0 rings (SSSR count). The Bertz CT molecular complexity index is 118. The topological polar surface area (TPSA) is 99.4 Å². The van der Waals surface area contributed by atoms with Crippen LogP contribution in [-0.4, -0.2) is 32.2 Å². The average molecular weight is 212 g/mol. The van der Waals surface area contributed by atoms with Crippen LogP contribution in [0.4, 0.5) is 0 Å². The molecule has 6 heteroatoms. The van der Waals surface area contributed by atoms with Crippen molar-refractivity contribution in [3.63, 3.8) is 0 Å². The summed E-state index contributed by atoms with van der Waals surface area (Å²) in [5, 5.41) is 28.9. The molecule has 0 atom stereocenters. The molecule has 0 radical (unpaired) electrons. The summed E-state index contributed by atoms with van der Waals surface area (Å²) in [5.41, 5.74) is -1.17. The van der Waals surface area contributed by atoms with E-state index in [1.165, 1.54) is 0 Å². The molecule has 4 N–H and O–H groups in total. The van der Waals surface area contributed by atoms with E-state index in [9.17, 15) is 0 Å². The largest absolute Gasteiger partial charge is 0.255 e. The van der Waals surface area contributed by atoms with Crippen LogP contribution in [0, 0.1) is 0 Å². The molecule has 0 unspecified atom stereocenters. The SMILES string of the molecule is CC(C)(CCC(C)(C)OO)OO.OO. The molecule has 0 fully saturated rings. The maximum Gasteiger partial charge on any atom is 0.0978 e. The van der Waals surface area contributed by atoms with Crippen molar-refractivity contribution in [3.8, 4) is 0 Å². The Kier molecular flexibility index (Phi) is 8.22. The van der Waals surface area contributed by atoms with Crippen LogP contribution in [0.2, 0.25) is 0 Å². The second kappa shape index (κ2) is 7.10. The van der Waals surface area contributed by atoms with E-state index in [0.29, 0.717) is 12.8 Å². The van der Waals surface area contributed by atoms with E-state index < -0.39 is 11.2 Å². The van der Waals surface area contributed by atoms with Crippen molar-refractivity contribution in [2.75, 3.05) is 0 Å². The van der Waals surface area contributed by atoms with Crippen molar-refractivity contribution < 1.29 is 30.8 Å². The van der Waals surface area contributed by atoms with Crippen molar-refractivity contribution in [1.82, 2.24) is 0 Å². The van der Waals surface area contributed by atoms with Gasteiger partial charge in [0, 0.05) is 0 Å². The van der Waals surface area contributed by atoms with Crippen LogP contribution in [-0.2, 0) is 9.78 Å². The van der Waals surface area contributed by atoms with Crippen LogP contribution in [0.15, 0.2) is 0 Å². The summed E-state index contributed by atoms with van der Waals surface area (Å²) in [7, 11) is 0. The zero-order valence-electron chi connectivity index (χ0n) is 9.02. The molecule has 6 nitrogen and oxygen atoms in total. The van der Waals surface area contributed by atoms with Crippen molar-refractivity contribution in [1.29, 1.82) is 0 Å². The lowest BCUT2D eigenvalue weighted by atomic mass is 9.94. The fraction of sp³-hybridized carbons (Fsp3) is 1.00. The Morgan fingerprint density at radius 2 is 1.00 bits per heavy atom. The predicted octanol–water partition coefficient (Wildman–Crippen LogP) is 2.32. The van der Waals surface area contributed by atoms with Crippen LogP contribution in [0.25, 0.3) is 0 Å². The number of hydrogen-bond acceptors (Lipinski definition) is 6. The van der Waals surface area contributed by atoms with Gasteiger partial charge >= 0.3 is 0 Å². The Morgan fingerprint density at radius 3 is 1.14 bits per heavy atom. The molecule has 0 saturated carbocycles. The number of hydrogen-bond donors (Lipinski definition) is 4. The monoisotopic (exact) mass is 212 g/mol. The Labute approximate surface area is 83.5 Å². The molecular weight excluding hydrogens is 192 g/mol. The molecule has 0 aromatic rings. The van der Waals surface area contributed by atoms with Gasteiger partial charge in [0.25, 0.3) is 0 Å². The molecule has 0 aromatic heterocycles. The van der Waals surface area contributed by atoms with E-state index in [2.05, 4.69) is 9.78 Å². The summed E-state index contributed by atoms with van der Waals surface area (Å²) < 4.78 is 0. The summed E-state index contributed by atoms with van der Waals surface area (Å²) in [6.07, 6.45) is 1.22. The average Bonchev–Trinajstić information content (AvgIpc) is 2.19. The van der Waals surface area contributed by atoms with Gasteiger partial charge in [0.1, 0.15) is 0 Å². The van der Waals surface area contributed by atoms with Gasteiger partial charge in [-0.05, 0) is 40.5 Å². The van der Waals surface area contributed by atoms with Gasteiger partial charge in [-0.25, -0.2) is 9.78 Å². The lowest BCUT2D eigenvalue weighted by molar-refractivity contribution is -0.331. The van der Waals surface area contributed by atoms with Crippen LogP contribution in [0.1, 0.15) is 40.5 Å². The van der Waals surface area contributed by atoms with E-state index >= 15 is 0 Å². The van der Waals surface area contributed by atoms with Gasteiger partial charge < -0.3 is 0 Å².